The summed E-state index contributed by atoms with van der Waals surface area (Å²) >= 11 is 0. The summed E-state index contributed by atoms with van der Waals surface area (Å²) in [7, 11) is 0. The molecule has 1 atom stereocenters. The molecule has 0 aliphatic carbocycles. The number of aliphatic hydroxyl groups excluding tert-OH is 1. The highest BCUT2D eigenvalue weighted by Gasteiger charge is 2.15. The van der Waals surface area contributed by atoms with Crippen molar-refractivity contribution in [3.05, 3.63) is 59.9 Å². The van der Waals surface area contributed by atoms with Gasteiger partial charge in [-0.25, -0.2) is 0 Å². The molecule has 5 nitrogen and oxygen atoms in total. The second-order valence-corrected chi connectivity index (χ2v) is 4.99. The van der Waals surface area contributed by atoms with Crippen molar-refractivity contribution in [1.82, 2.24) is 10.3 Å². The SMILES string of the molecule is Cc1ccccc1OCC(O)C(=O)NCCc1cccnc1. The van der Waals surface area contributed by atoms with E-state index in [1.165, 1.54) is 0 Å². The lowest BCUT2D eigenvalue weighted by Gasteiger charge is -2.14. The molecule has 1 amide bonds. The van der Waals surface area contributed by atoms with Gasteiger partial charge in [0.15, 0.2) is 6.10 Å². The first-order valence-electron chi connectivity index (χ1n) is 7.20. The number of para-hydroxylation sites is 1. The normalized spacial score (nSPS) is 11.7. The summed E-state index contributed by atoms with van der Waals surface area (Å²) in [5.74, 6) is 0.238. The number of amides is 1. The number of hydrogen-bond acceptors (Lipinski definition) is 4. The Bertz CT molecular complexity index is 602. The summed E-state index contributed by atoms with van der Waals surface area (Å²) < 4.78 is 5.46. The van der Waals surface area contributed by atoms with Gasteiger partial charge in [-0.15, -0.1) is 0 Å². The molecule has 0 spiro atoms. The van der Waals surface area contributed by atoms with Gasteiger partial charge >= 0.3 is 0 Å². The molecule has 2 aromatic rings. The summed E-state index contributed by atoms with van der Waals surface area (Å²) in [6.45, 7) is 2.30. The molecule has 0 saturated heterocycles. The monoisotopic (exact) mass is 300 g/mol. The van der Waals surface area contributed by atoms with Gasteiger partial charge in [0.2, 0.25) is 0 Å². The maximum absolute atomic E-state index is 11.8. The van der Waals surface area contributed by atoms with Crippen LogP contribution in [-0.2, 0) is 11.2 Å². The number of aromatic nitrogens is 1. The van der Waals surface area contributed by atoms with Crippen molar-refractivity contribution in [2.75, 3.05) is 13.2 Å². The van der Waals surface area contributed by atoms with Gasteiger partial charge in [-0.05, 0) is 36.6 Å². The van der Waals surface area contributed by atoms with Crippen LogP contribution in [0.5, 0.6) is 5.75 Å². The van der Waals surface area contributed by atoms with Crippen molar-refractivity contribution < 1.29 is 14.6 Å². The molecule has 0 saturated carbocycles. The highest BCUT2D eigenvalue weighted by molar-refractivity contribution is 5.80. The molecule has 0 fully saturated rings. The van der Waals surface area contributed by atoms with Gasteiger partial charge in [0.25, 0.3) is 5.91 Å². The predicted molar refractivity (Wildman–Crippen MR) is 83.6 cm³/mol. The molecule has 22 heavy (non-hydrogen) atoms. The first-order chi connectivity index (χ1) is 10.7. The minimum atomic E-state index is -1.19. The third-order valence-corrected chi connectivity index (χ3v) is 3.23. The molecule has 1 heterocycles. The topological polar surface area (TPSA) is 71.5 Å². The van der Waals surface area contributed by atoms with Gasteiger partial charge in [-0.3, -0.25) is 9.78 Å². The molecular weight excluding hydrogens is 280 g/mol. The molecule has 1 unspecified atom stereocenters. The Hall–Kier alpha value is -2.40. The van der Waals surface area contributed by atoms with E-state index in [0.29, 0.717) is 18.7 Å². The number of ether oxygens (including phenoxy) is 1. The van der Waals surface area contributed by atoms with Crippen LogP contribution in [0.2, 0.25) is 0 Å². The Morgan fingerprint density at radius 3 is 2.86 bits per heavy atom. The van der Waals surface area contributed by atoms with Crippen LogP contribution in [0.4, 0.5) is 0 Å². The van der Waals surface area contributed by atoms with E-state index in [1.54, 1.807) is 12.4 Å². The van der Waals surface area contributed by atoms with Gasteiger partial charge in [-0.1, -0.05) is 24.3 Å². The van der Waals surface area contributed by atoms with Gasteiger partial charge in [0, 0.05) is 18.9 Å². The van der Waals surface area contributed by atoms with Crippen molar-refractivity contribution in [1.29, 1.82) is 0 Å². The Morgan fingerprint density at radius 2 is 2.14 bits per heavy atom. The second kappa shape index (κ2) is 8.14. The van der Waals surface area contributed by atoms with E-state index in [-0.39, 0.29) is 6.61 Å². The summed E-state index contributed by atoms with van der Waals surface area (Å²) in [5, 5.41) is 12.5. The van der Waals surface area contributed by atoms with Crippen molar-refractivity contribution >= 4 is 5.91 Å². The zero-order valence-corrected chi connectivity index (χ0v) is 12.5. The summed E-state index contributed by atoms with van der Waals surface area (Å²) in [4.78, 5) is 15.8. The largest absolute Gasteiger partial charge is 0.490 e. The number of benzene rings is 1. The van der Waals surface area contributed by atoms with E-state index in [4.69, 9.17) is 4.74 Å². The minimum Gasteiger partial charge on any atom is -0.490 e. The van der Waals surface area contributed by atoms with Crippen molar-refractivity contribution in [2.24, 2.45) is 0 Å². The standard InChI is InChI=1S/C17H20N2O3/c1-13-5-2-3-7-16(13)22-12-15(20)17(21)19-10-8-14-6-4-9-18-11-14/h2-7,9,11,15,20H,8,10,12H2,1H3,(H,19,21). The lowest BCUT2D eigenvalue weighted by Crippen LogP contribution is -2.39. The van der Waals surface area contributed by atoms with Crippen LogP contribution in [0.25, 0.3) is 0 Å². The fourth-order valence-corrected chi connectivity index (χ4v) is 1.96. The molecule has 0 aliphatic rings. The van der Waals surface area contributed by atoms with E-state index < -0.39 is 12.0 Å². The van der Waals surface area contributed by atoms with Crippen LogP contribution in [-0.4, -0.2) is 35.3 Å². The third-order valence-electron chi connectivity index (χ3n) is 3.23. The molecule has 5 heteroatoms. The summed E-state index contributed by atoms with van der Waals surface area (Å²) in [6.07, 6.45) is 2.94. The van der Waals surface area contributed by atoms with Crippen molar-refractivity contribution in [3.63, 3.8) is 0 Å². The first kappa shape index (κ1) is 16.0. The Morgan fingerprint density at radius 1 is 1.32 bits per heavy atom. The number of nitrogens with zero attached hydrogens (tertiary/aromatic N) is 1. The smallest absolute Gasteiger partial charge is 0.252 e. The van der Waals surface area contributed by atoms with Gasteiger partial charge in [0.1, 0.15) is 12.4 Å². The zero-order valence-electron chi connectivity index (χ0n) is 12.5. The summed E-state index contributed by atoms with van der Waals surface area (Å²) in [5.41, 5.74) is 2.00. The number of pyridine rings is 1. The summed E-state index contributed by atoms with van der Waals surface area (Å²) in [6, 6.07) is 11.3. The molecule has 0 radical (unpaired) electrons. The fourth-order valence-electron chi connectivity index (χ4n) is 1.96. The number of aliphatic hydroxyl groups is 1. The van der Waals surface area contributed by atoms with E-state index in [1.807, 2.05) is 43.3 Å². The Kier molecular flexibility index (Phi) is 5.91. The van der Waals surface area contributed by atoms with E-state index in [0.717, 1.165) is 11.1 Å². The maximum atomic E-state index is 11.8. The van der Waals surface area contributed by atoms with E-state index in [9.17, 15) is 9.90 Å². The average molecular weight is 300 g/mol. The first-order valence-corrected chi connectivity index (χ1v) is 7.20. The molecule has 116 valence electrons. The lowest BCUT2D eigenvalue weighted by molar-refractivity contribution is -0.130. The van der Waals surface area contributed by atoms with E-state index in [2.05, 4.69) is 10.3 Å². The number of rotatable bonds is 7. The van der Waals surface area contributed by atoms with Crippen LogP contribution >= 0.6 is 0 Å². The van der Waals surface area contributed by atoms with Crippen LogP contribution in [0, 0.1) is 6.92 Å². The molecule has 2 rings (SSSR count). The lowest BCUT2D eigenvalue weighted by atomic mass is 10.2. The third kappa shape index (κ3) is 4.86. The number of hydrogen-bond donors (Lipinski definition) is 2. The molecule has 1 aromatic heterocycles. The minimum absolute atomic E-state index is 0.0659. The molecule has 1 aromatic carbocycles. The van der Waals surface area contributed by atoms with Gasteiger partial charge in [0.05, 0.1) is 0 Å². The van der Waals surface area contributed by atoms with Crippen molar-refractivity contribution in [2.45, 2.75) is 19.4 Å². The highest BCUT2D eigenvalue weighted by atomic mass is 16.5. The van der Waals surface area contributed by atoms with E-state index >= 15 is 0 Å². The molecule has 0 aliphatic heterocycles. The quantitative estimate of drug-likeness (QED) is 0.812. The Labute approximate surface area is 130 Å². The van der Waals surface area contributed by atoms with Crippen LogP contribution in [0.1, 0.15) is 11.1 Å². The van der Waals surface area contributed by atoms with Crippen LogP contribution < -0.4 is 10.1 Å². The number of nitrogens with one attached hydrogen (secondary N) is 1. The van der Waals surface area contributed by atoms with Crippen molar-refractivity contribution in [3.8, 4) is 5.75 Å². The van der Waals surface area contributed by atoms with Crippen LogP contribution in [0.3, 0.4) is 0 Å². The number of aryl methyl sites for hydroxylation is 1. The van der Waals surface area contributed by atoms with Crippen LogP contribution in [0.15, 0.2) is 48.8 Å². The highest BCUT2D eigenvalue weighted by Crippen LogP contribution is 2.16. The molecule has 0 bridgehead atoms. The molecule has 2 N–H and O–H groups in total. The molecular formula is C17H20N2O3. The second-order valence-electron chi connectivity index (χ2n) is 4.99. The maximum Gasteiger partial charge on any atom is 0.252 e. The fraction of sp³-hybridized carbons (Fsp3) is 0.294. The average Bonchev–Trinajstić information content (AvgIpc) is 2.54. The zero-order chi connectivity index (χ0) is 15.8. The Balaban J connectivity index is 1.72. The number of carbonyl (C=O) groups is 1. The number of carbonyl (C=O) groups excluding carboxylic acids is 1. The predicted octanol–water partition coefficient (Wildman–Crippen LogP) is 1.49. The van der Waals surface area contributed by atoms with Gasteiger partial charge in [-0.2, -0.15) is 0 Å². The van der Waals surface area contributed by atoms with Gasteiger partial charge < -0.3 is 15.2 Å².